The summed E-state index contributed by atoms with van der Waals surface area (Å²) in [5.41, 5.74) is 2.42. The summed E-state index contributed by atoms with van der Waals surface area (Å²) in [6.45, 7) is 0. The highest BCUT2D eigenvalue weighted by Crippen LogP contribution is 2.31. The van der Waals surface area contributed by atoms with Gasteiger partial charge in [0, 0.05) is 8.40 Å². The molecule has 0 aromatic heterocycles. The summed E-state index contributed by atoms with van der Waals surface area (Å²) in [6, 6.07) is 14.3. The molecular formula is C15H13BrClIO. The maximum atomic E-state index is 6.16. The second kappa shape index (κ2) is 6.95. The second-order valence-electron chi connectivity index (χ2n) is 4.20. The first-order valence-electron chi connectivity index (χ1n) is 5.82. The SMILES string of the molecule is COc1cccc(CC(Br)c2ccc(I)c(Cl)c2)c1. The Morgan fingerprint density at radius 1 is 1.26 bits per heavy atom. The molecule has 4 heteroatoms. The minimum absolute atomic E-state index is 0.245. The predicted molar refractivity (Wildman–Crippen MR) is 92.5 cm³/mol. The summed E-state index contributed by atoms with van der Waals surface area (Å²) in [4.78, 5) is 0.245. The van der Waals surface area contributed by atoms with E-state index in [1.54, 1.807) is 7.11 Å². The van der Waals surface area contributed by atoms with Gasteiger partial charge in [-0.3, -0.25) is 0 Å². The molecule has 0 N–H and O–H groups in total. The van der Waals surface area contributed by atoms with Crippen LogP contribution < -0.4 is 4.74 Å². The Labute approximate surface area is 140 Å². The van der Waals surface area contributed by atoms with Crippen molar-refractivity contribution in [3.05, 3.63) is 62.2 Å². The van der Waals surface area contributed by atoms with Crippen LogP contribution in [0.1, 0.15) is 16.0 Å². The van der Waals surface area contributed by atoms with Crippen molar-refractivity contribution in [1.29, 1.82) is 0 Å². The van der Waals surface area contributed by atoms with Crippen molar-refractivity contribution in [3.63, 3.8) is 0 Å². The van der Waals surface area contributed by atoms with Gasteiger partial charge < -0.3 is 4.74 Å². The summed E-state index contributed by atoms with van der Waals surface area (Å²) in [5, 5.41) is 0.799. The topological polar surface area (TPSA) is 9.23 Å². The molecule has 0 spiro atoms. The van der Waals surface area contributed by atoms with Crippen LogP contribution in [0.25, 0.3) is 0 Å². The van der Waals surface area contributed by atoms with Gasteiger partial charge in [0.25, 0.3) is 0 Å². The van der Waals surface area contributed by atoms with Crippen molar-refractivity contribution >= 4 is 50.1 Å². The third-order valence-electron chi connectivity index (χ3n) is 2.85. The molecule has 0 heterocycles. The van der Waals surface area contributed by atoms with E-state index in [1.807, 2.05) is 24.3 Å². The molecule has 2 aromatic carbocycles. The van der Waals surface area contributed by atoms with E-state index >= 15 is 0 Å². The van der Waals surface area contributed by atoms with E-state index in [0.717, 1.165) is 20.8 Å². The molecule has 1 unspecified atom stereocenters. The number of methoxy groups -OCH3 is 1. The second-order valence-corrected chi connectivity index (χ2v) is 6.87. The third kappa shape index (κ3) is 4.10. The van der Waals surface area contributed by atoms with E-state index < -0.39 is 0 Å². The Kier molecular flexibility index (Phi) is 5.54. The minimum atomic E-state index is 0.245. The van der Waals surface area contributed by atoms with Gasteiger partial charge in [-0.05, 0) is 64.4 Å². The lowest BCUT2D eigenvalue weighted by atomic mass is 10.0. The Morgan fingerprint density at radius 2 is 2.05 bits per heavy atom. The van der Waals surface area contributed by atoms with Crippen LogP contribution in [0.4, 0.5) is 0 Å². The molecule has 2 rings (SSSR count). The first-order chi connectivity index (χ1) is 9.10. The first kappa shape index (κ1) is 15.1. The molecule has 0 saturated carbocycles. The van der Waals surface area contributed by atoms with Gasteiger partial charge in [0.15, 0.2) is 0 Å². The van der Waals surface area contributed by atoms with Crippen molar-refractivity contribution in [1.82, 2.24) is 0 Å². The van der Waals surface area contributed by atoms with Crippen molar-refractivity contribution in [2.24, 2.45) is 0 Å². The van der Waals surface area contributed by atoms with Crippen LogP contribution in [0, 0.1) is 3.57 Å². The van der Waals surface area contributed by atoms with Crippen LogP contribution in [-0.4, -0.2) is 7.11 Å². The molecule has 2 aromatic rings. The highest BCUT2D eigenvalue weighted by molar-refractivity contribution is 14.1. The van der Waals surface area contributed by atoms with Gasteiger partial charge in [-0.1, -0.05) is 45.7 Å². The van der Waals surface area contributed by atoms with E-state index in [1.165, 1.54) is 11.1 Å². The molecule has 19 heavy (non-hydrogen) atoms. The Hall–Kier alpha value is -0.260. The summed E-state index contributed by atoms with van der Waals surface area (Å²) >= 11 is 12.1. The van der Waals surface area contributed by atoms with Gasteiger partial charge in [0.05, 0.1) is 12.1 Å². The Morgan fingerprint density at radius 3 is 2.74 bits per heavy atom. The van der Waals surface area contributed by atoms with Gasteiger partial charge in [-0.2, -0.15) is 0 Å². The van der Waals surface area contributed by atoms with Crippen molar-refractivity contribution in [3.8, 4) is 5.75 Å². The molecule has 0 fully saturated rings. The maximum absolute atomic E-state index is 6.16. The highest BCUT2D eigenvalue weighted by Gasteiger charge is 2.10. The van der Waals surface area contributed by atoms with Crippen LogP contribution in [-0.2, 0) is 6.42 Å². The number of alkyl halides is 1. The average molecular weight is 452 g/mol. The monoisotopic (exact) mass is 450 g/mol. The highest BCUT2D eigenvalue weighted by atomic mass is 127. The predicted octanol–water partition coefficient (Wildman–Crippen LogP) is 5.63. The van der Waals surface area contributed by atoms with E-state index in [2.05, 4.69) is 56.7 Å². The van der Waals surface area contributed by atoms with Crippen molar-refractivity contribution in [2.75, 3.05) is 7.11 Å². The van der Waals surface area contributed by atoms with Crippen LogP contribution >= 0.6 is 50.1 Å². The fourth-order valence-corrected chi connectivity index (χ4v) is 3.01. The molecule has 0 aliphatic rings. The van der Waals surface area contributed by atoms with E-state index in [9.17, 15) is 0 Å². The summed E-state index contributed by atoms with van der Waals surface area (Å²) in [7, 11) is 1.68. The third-order valence-corrected chi connectivity index (χ3v) is 5.28. The minimum Gasteiger partial charge on any atom is -0.497 e. The quantitative estimate of drug-likeness (QED) is 0.432. The standard InChI is InChI=1S/C15H13BrClIO/c1-19-12-4-2-3-10(7-12)8-13(16)11-5-6-15(18)14(17)9-11/h2-7,9,13H,8H2,1H3. The Bertz CT molecular complexity index is 574. The zero-order valence-corrected chi connectivity index (χ0v) is 14.9. The molecule has 0 radical (unpaired) electrons. The smallest absolute Gasteiger partial charge is 0.119 e. The van der Waals surface area contributed by atoms with Crippen LogP contribution in [0.5, 0.6) is 5.75 Å². The molecule has 0 saturated heterocycles. The number of hydrogen-bond acceptors (Lipinski definition) is 1. The molecule has 0 aliphatic heterocycles. The van der Waals surface area contributed by atoms with Gasteiger partial charge in [-0.25, -0.2) is 0 Å². The number of benzene rings is 2. The fourth-order valence-electron chi connectivity index (χ4n) is 1.83. The number of ether oxygens (including phenoxy) is 1. The zero-order chi connectivity index (χ0) is 13.8. The van der Waals surface area contributed by atoms with E-state index in [0.29, 0.717) is 0 Å². The lowest BCUT2D eigenvalue weighted by Crippen LogP contribution is -1.96. The zero-order valence-electron chi connectivity index (χ0n) is 10.4. The molecule has 0 amide bonds. The van der Waals surface area contributed by atoms with Gasteiger partial charge in [0.1, 0.15) is 5.75 Å². The molecule has 0 aliphatic carbocycles. The lowest BCUT2D eigenvalue weighted by Gasteiger charge is -2.12. The molecule has 0 bridgehead atoms. The van der Waals surface area contributed by atoms with Crippen LogP contribution in [0.15, 0.2) is 42.5 Å². The normalized spacial score (nSPS) is 12.2. The number of rotatable bonds is 4. The Balaban J connectivity index is 2.15. The maximum Gasteiger partial charge on any atom is 0.119 e. The average Bonchev–Trinajstić information content (AvgIpc) is 2.42. The molecule has 100 valence electrons. The van der Waals surface area contributed by atoms with Crippen LogP contribution in [0.2, 0.25) is 5.02 Å². The van der Waals surface area contributed by atoms with Crippen molar-refractivity contribution in [2.45, 2.75) is 11.2 Å². The number of hydrogen-bond donors (Lipinski definition) is 0. The summed E-state index contributed by atoms with van der Waals surface area (Å²) < 4.78 is 6.31. The van der Waals surface area contributed by atoms with Gasteiger partial charge in [-0.15, -0.1) is 0 Å². The van der Waals surface area contributed by atoms with Gasteiger partial charge in [0.2, 0.25) is 0 Å². The largest absolute Gasteiger partial charge is 0.497 e. The molecule has 1 atom stereocenters. The number of halogens is 3. The van der Waals surface area contributed by atoms with E-state index in [4.69, 9.17) is 16.3 Å². The van der Waals surface area contributed by atoms with E-state index in [-0.39, 0.29) is 4.83 Å². The van der Waals surface area contributed by atoms with Gasteiger partial charge >= 0.3 is 0 Å². The lowest BCUT2D eigenvalue weighted by molar-refractivity contribution is 0.414. The summed E-state index contributed by atoms with van der Waals surface area (Å²) in [6.07, 6.45) is 0.897. The molecular weight excluding hydrogens is 438 g/mol. The van der Waals surface area contributed by atoms with Crippen LogP contribution in [0.3, 0.4) is 0 Å². The first-order valence-corrected chi connectivity index (χ1v) is 8.19. The summed E-state index contributed by atoms with van der Waals surface area (Å²) in [5.74, 6) is 0.887. The van der Waals surface area contributed by atoms with Crippen molar-refractivity contribution < 1.29 is 4.74 Å². The fraction of sp³-hybridized carbons (Fsp3) is 0.200. The molecule has 1 nitrogen and oxygen atoms in total.